The molecule has 1 fully saturated rings. The minimum absolute atomic E-state index is 0.321. The van der Waals surface area contributed by atoms with Crippen LogP contribution in [-0.2, 0) is 14.3 Å². The molecule has 3 nitrogen and oxygen atoms in total. The molecule has 7 heteroatoms. The van der Waals surface area contributed by atoms with Gasteiger partial charge in [-0.05, 0) is 12.8 Å². The number of ether oxygens (including phenoxy) is 1. The van der Waals surface area contributed by atoms with Gasteiger partial charge in [0.25, 0.3) is 0 Å². The number of thiol groups is 1. The molecule has 86 valence electrons. The molecule has 0 aromatic rings. The Labute approximate surface area is 89.4 Å². The normalized spacial score (nSPS) is 26.4. The average Bonchev–Trinajstić information content (AvgIpc) is 2.49. The van der Waals surface area contributed by atoms with Crippen molar-refractivity contribution in [3.05, 3.63) is 0 Å². The van der Waals surface area contributed by atoms with E-state index in [4.69, 9.17) is 0 Å². The Kier molecular flexibility index (Phi) is 3.64. The molecule has 1 rings (SSSR count). The Morgan fingerprint density at radius 2 is 1.87 bits per heavy atom. The van der Waals surface area contributed by atoms with Crippen molar-refractivity contribution in [3.63, 3.8) is 0 Å². The molecule has 1 aliphatic rings. The van der Waals surface area contributed by atoms with Gasteiger partial charge < -0.3 is 4.74 Å². The molecular formula is C8H9F3O3S. The van der Waals surface area contributed by atoms with E-state index in [1.807, 2.05) is 0 Å². The van der Waals surface area contributed by atoms with Crippen LogP contribution in [0.5, 0.6) is 0 Å². The number of carbonyl (C=O) groups excluding carboxylic acids is 2. The molecule has 2 unspecified atom stereocenters. The summed E-state index contributed by atoms with van der Waals surface area (Å²) in [6.45, 7) is 0. The molecule has 0 heterocycles. The molecule has 15 heavy (non-hydrogen) atoms. The predicted octanol–water partition coefficient (Wildman–Crippen LogP) is 1.72. The summed E-state index contributed by atoms with van der Waals surface area (Å²) in [5, 5.41) is -0.321. The second-order valence-electron chi connectivity index (χ2n) is 3.31. The van der Waals surface area contributed by atoms with Crippen LogP contribution in [0.1, 0.15) is 19.3 Å². The summed E-state index contributed by atoms with van der Waals surface area (Å²) in [6, 6.07) is 0. The number of esters is 2. The summed E-state index contributed by atoms with van der Waals surface area (Å²) in [5.74, 6) is -4.30. The maximum absolute atomic E-state index is 11.7. The van der Waals surface area contributed by atoms with Crippen LogP contribution >= 0.6 is 12.6 Å². The third-order valence-corrected chi connectivity index (χ3v) is 2.83. The van der Waals surface area contributed by atoms with Gasteiger partial charge in [0.05, 0.1) is 5.92 Å². The average molecular weight is 242 g/mol. The number of rotatable bonds is 1. The molecule has 1 aliphatic carbocycles. The van der Waals surface area contributed by atoms with Crippen molar-refractivity contribution in [1.29, 1.82) is 0 Å². The first-order valence-corrected chi connectivity index (χ1v) is 4.85. The number of alkyl halides is 3. The highest BCUT2D eigenvalue weighted by Gasteiger charge is 2.44. The van der Waals surface area contributed by atoms with Gasteiger partial charge >= 0.3 is 18.1 Å². The van der Waals surface area contributed by atoms with Gasteiger partial charge in [-0.3, -0.25) is 4.79 Å². The first-order valence-electron chi connectivity index (χ1n) is 4.33. The summed E-state index contributed by atoms with van der Waals surface area (Å²) in [4.78, 5) is 21.5. The van der Waals surface area contributed by atoms with Crippen molar-refractivity contribution in [2.45, 2.75) is 30.7 Å². The van der Waals surface area contributed by atoms with Crippen LogP contribution in [0.3, 0.4) is 0 Å². The standard InChI is InChI=1S/C8H9F3O3S/c9-8(10,11)7(13)14-6(12)4-2-1-3-5(4)15/h4-5,15H,1-3H2. The van der Waals surface area contributed by atoms with Crippen molar-refractivity contribution in [3.8, 4) is 0 Å². The topological polar surface area (TPSA) is 43.4 Å². The zero-order chi connectivity index (χ0) is 11.6. The number of carbonyl (C=O) groups is 2. The van der Waals surface area contributed by atoms with Crippen LogP contribution in [0.4, 0.5) is 13.2 Å². The van der Waals surface area contributed by atoms with Gasteiger partial charge in [-0.1, -0.05) is 6.42 Å². The zero-order valence-electron chi connectivity index (χ0n) is 7.58. The van der Waals surface area contributed by atoms with Crippen molar-refractivity contribution in [1.82, 2.24) is 0 Å². The molecule has 0 amide bonds. The number of hydrogen-bond acceptors (Lipinski definition) is 4. The van der Waals surface area contributed by atoms with Gasteiger partial charge in [-0.25, -0.2) is 4.79 Å². The van der Waals surface area contributed by atoms with E-state index in [1.54, 1.807) is 0 Å². The van der Waals surface area contributed by atoms with Gasteiger partial charge in [0, 0.05) is 5.25 Å². The second-order valence-corrected chi connectivity index (χ2v) is 3.97. The monoisotopic (exact) mass is 242 g/mol. The fraction of sp³-hybridized carbons (Fsp3) is 0.750. The molecule has 0 bridgehead atoms. The Hall–Kier alpha value is -0.720. The van der Waals surface area contributed by atoms with Gasteiger partial charge in [-0.2, -0.15) is 25.8 Å². The van der Waals surface area contributed by atoms with Crippen molar-refractivity contribution < 1.29 is 27.5 Å². The summed E-state index contributed by atoms with van der Waals surface area (Å²) in [5.41, 5.74) is 0. The summed E-state index contributed by atoms with van der Waals surface area (Å²) in [6.07, 6.45) is -3.37. The lowest BCUT2D eigenvalue weighted by Crippen LogP contribution is -2.32. The SMILES string of the molecule is O=C(OC(=O)C(F)(F)F)C1CCCC1S. The maximum Gasteiger partial charge on any atom is 0.491 e. The Morgan fingerprint density at radius 1 is 1.27 bits per heavy atom. The third kappa shape index (κ3) is 3.12. The van der Waals surface area contributed by atoms with Crippen LogP contribution in [-0.4, -0.2) is 23.4 Å². The zero-order valence-corrected chi connectivity index (χ0v) is 8.48. The van der Waals surface area contributed by atoms with Crippen LogP contribution in [0, 0.1) is 5.92 Å². The molecule has 0 N–H and O–H groups in total. The quantitative estimate of drug-likeness (QED) is 0.432. The molecule has 0 aliphatic heterocycles. The van der Waals surface area contributed by atoms with Crippen molar-refractivity contribution >= 4 is 24.6 Å². The number of hydrogen-bond donors (Lipinski definition) is 1. The Bertz CT molecular complexity index is 277. The lowest BCUT2D eigenvalue weighted by Gasteiger charge is -2.13. The smallest absolute Gasteiger partial charge is 0.386 e. The largest absolute Gasteiger partial charge is 0.491 e. The van der Waals surface area contributed by atoms with E-state index >= 15 is 0 Å². The molecule has 0 radical (unpaired) electrons. The minimum Gasteiger partial charge on any atom is -0.386 e. The summed E-state index contributed by atoms with van der Waals surface area (Å²) < 4.78 is 39.0. The maximum atomic E-state index is 11.7. The molecule has 2 atom stereocenters. The highest BCUT2D eigenvalue weighted by molar-refractivity contribution is 7.81. The van der Waals surface area contributed by atoms with E-state index in [2.05, 4.69) is 17.4 Å². The molecule has 1 saturated carbocycles. The van der Waals surface area contributed by atoms with E-state index in [0.717, 1.165) is 0 Å². The van der Waals surface area contributed by atoms with Crippen LogP contribution in [0.15, 0.2) is 0 Å². The molecular weight excluding hydrogens is 233 g/mol. The van der Waals surface area contributed by atoms with Gasteiger partial charge in [0.1, 0.15) is 0 Å². The molecule has 0 spiro atoms. The van der Waals surface area contributed by atoms with E-state index in [9.17, 15) is 22.8 Å². The first-order chi connectivity index (χ1) is 6.82. The van der Waals surface area contributed by atoms with Crippen LogP contribution < -0.4 is 0 Å². The highest BCUT2D eigenvalue weighted by Crippen LogP contribution is 2.31. The van der Waals surface area contributed by atoms with E-state index in [-0.39, 0.29) is 5.25 Å². The highest BCUT2D eigenvalue weighted by atomic mass is 32.1. The van der Waals surface area contributed by atoms with E-state index in [0.29, 0.717) is 19.3 Å². The van der Waals surface area contributed by atoms with Crippen LogP contribution in [0.2, 0.25) is 0 Å². The molecule has 0 aromatic carbocycles. The Balaban J connectivity index is 2.52. The summed E-state index contributed by atoms with van der Waals surface area (Å²) >= 11 is 4.03. The Morgan fingerprint density at radius 3 is 2.27 bits per heavy atom. The first kappa shape index (κ1) is 12.4. The van der Waals surface area contributed by atoms with Crippen molar-refractivity contribution in [2.75, 3.05) is 0 Å². The predicted molar refractivity (Wildman–Crippen MR) is 47.3 cm³/mol. The summed E-state index contributed by atoms with van der Waals surface area (Å²) in [7, 11) is 0. The number of halogens is 3. The minimum atomic E-state index is -5.12. The third-order valence-electron chi connectivity index (χ3n) is 2.21. The van der Waals surface area contributed by atoms with E-state index in [1.165, 1.54) is 0 Å². The van der Waals surface area contributed by atoms with Gasteiger partial charge in [0.2, 0.25) is 0 Å². The van der Waals surface area contributed by atoms with Crippen LogP contribution in [0.25, 0.3) is 0 Å². The second kappa shape index (κ2) is 4.42. The lowest BCUT2D eigenvalue weighted by molar-refractivity contribution is -0.203. The fourth-order valence-corrected chi connectivity index (χ4v) is 1.89. The van der Waals surface area contributed by atoms with Gasteiger partial charge in [0.15, 0.2) is 0 Å². The lowest BCUT2D eigenvalue weighted by atomic mass is 10.1. The van der Waals surface area contributed by atoms with E-state index < -0.39 is 24.0 Å². The molecule has 0 saturated heterocycles. The molecule has 0 aromatic heterocycles. The van der Waals surface area contributed by atoms with Crippen molar-refractivity contribution in [2.24, 2.45) is 5.92 Å². The van der Waals surface area contributed by atoms with Gasteiger partial charge in [-0.15, -0.1) is 0 Å². The fourth-order valence-electron chi connectivity index (χ4n) is 1.44.